The van der Waals surface area contributed by atoms with Crippen LogP contribution in [0.3, 0.4) is 0 Å². The van der Waals surface area contributed by atoms with E-state index in [1.807, 2.05) is 0 Å². The summed E-state index contributed by atoms with van der Waals surface area (Å²) in [7, 11) is 0. The molecule has 4 atom stereocenters. The third-order valence-electron chi connectivity index (χ3n) is 6.31. The molecule has 43 heavy (non-hydrogen) atoms. The molecule has 0 saturated heterocycles. The summed E-state index contributed by atoms with van der Waals surface area (Å²) in [5.41, 5.74) is 27.9. The highest BCUT2D eigenvalue weighted by atomic mass is 16.4. The second-order valence-corrected chi connectivity index (χ2v) is 10.2. The van der Waals surface area contributed by atoms with Gasteiger partial charge in [-0.05, 0) is 37.2 Å². The monoisotopic (exact) mass is 604 g/mol. The van der Waals surface area contributed by atoms with Crippen LogP contribution in [0.1, 0.15) is 45.1 Å². The van der Waals surface area contributed by atoms with Gasteiger partial charge < -0.3 is 49.2 Å². The van der Waals surface area contributed by atoms with Crippen LogP contribution in [0.4, 0.5) is 4.79 Å². The number of benzene rings is 1. The lowest BCUT2D eigenvalue weighted by Crippen LogP contribution is -2.61. The number of nitrogens with one attached hydrogen (secondary N) is 2. The Morgan fingerprint density at radius 1 is 0.930 bits per heavy atom. The molecule has 0 unspecified atom stereocenters. The smallest absolute Gasteiger partial charge is 0.326 e. The van der Waals surface area contributed by atoms with Gasteiger partial charge in [-0.2, -0.15) is 0 Å². The van der Waals surface area contributed by atoms with Gasteiger partial charge in [0.25, 0.3) is 5.91 Å². The van der Waals surface area contributed by atoms with Crippen LogP contribution >= 0.6 is 0 Å². The Kier molecular flexibility index (Phi) is 15.7. The SMILES string of the molecule is CC(C)[C@H](NC(=O)[C@@H](N)CCCN=C(N)N)C(=O)N(C(=O)N[C@@H](Cc1ccccc1)C(=O)O)[C@H](C=O)CCCN=C(N)N. The molecule has 1 rings (SSSR count). The molecule has 0 aliphatic carbocycles. The fraction of sp³-hybridized carbons (Fsp3) is 0.519. The van der Waals surface area contributed by atoms with Crippen LogP contribution in [0, 0.1) is 5.92 Å². The summed E-state index contributed by atoms with van der Waals surface area (Å²) in [6.45, 7) is 3.63. The molecule has 1 aromatic rings. The van der Waals surface area contributed by atoms with Crippen LogP contribution in [0.2, 0.25) is 0 Å². The zero-order chi connectivity index (χ0) is 32.5. The van der Waals surface area contributed by atoms with Gasteiger partial charge in [-0.1, -0.05) is 44.2 Å². The van der Waals surface area contributed by atoms with Crippen LogP contribution in [-0.4, -0.2) is 89.3 Å². The van der Waals surface area contributed by atoms with Crippen molar-refractivity contribution >= 4 is 42.0 Å². The van der Waals surface area contributed by atoms with Crippen molar-refractivity contribution in [2.45, 2.75) is 70.1 Å². The molecule has 16 heteroatoms. The molecule has 1 aromatic carbocycles. The second-order valence-electron chi connectivity index (χ2n) is 10.2. The normalized spacial score (nSPS) is 13.5. The molecule has 238 valence electrons. The van der Waals surface area contributed by atoms with Gasteiger partial charge in [0.1, 0.15) is 18.4 Å². The summed E-state index contributed by atoms with van der Waals surface area (Å²) in [5.74, 6) is -3.75. The number of guanidine groups is 2. The van der Waals surface area contributed by atoms with E-state index in [1.165, 1.54) is 0 Å². The van der Waals surface area contributed by atoms with Crippen molar-refractivity contribution in [2.75, 3.05) is 13.1 Å². The number of amides is 4. The first-order chi connectivity index (χ1) is 20.3. The first-order valence-electron chi connectivity index (χ1n) is 13.8. The predicted octanol–water partition coefficient (Wildman–Crippen LogP) is -1.64. The van der Waals surface area contributed by atoms with Gasteiger partial charge in [-0.25, -0.2) is 9.59 Å². The molecule has 0 aliphatic rings. The fourth-order valence-electron chi connectivity index (χ4n) is 4.02. The minimum atomic E-state index is -1.43. The van der Waals surface area contributed by atoms with Crippen molar-refractivity contribution in [3.05, 3.63) is 35.9 Å². The molecule has 16 nitrogen and oxygen atoms in total. The fourth-order valence-corrected chi connectivity index (χ4v) is 4.02. The minimum Gasteiger partial charge on any atom is -0.480 e. The number of nitrogens with two attached hydrogens (primary N) is 5. The van der Waals surface area contributed by atoms with Gasteiger partial charge in [-0.15, -0.1) is 0 Å². The predicted molar refractivity (Wildman–Crippen MR) is 161 cm³/mol. The van der Waals surface area contributed by atoms with E-state index >= 15 is 0 Å². The number of carboxylic acids is 1. The van der Waals surface area contributed by atoms with Crippen LogP contribution in [0.15, 0.2) is 40.3 Å². The molecule has 0 fully saturated rings. The number of hydrogen-bond acceptors (Lipinski definition) is 8. The van der Waals surface area contributed by atoms with Gasteiger partial charge in [0.2, 0.25) is 5.91 Å². The Labute approximate surface area is 250 Å². The average Bonchev–Trinajstić information content (AvgIpc) is 2.94. The summed E-state index contributed by atoms with van der Waals surface area (Å²) >= 11 is 0. The van der Waals surface area contributed by atoms with Crippen LogP contribution < -0.4 is 39.3 Å². The Bertz CT molecular complexity index is 1140. The summed E-state index contributed by atoms with van der Waals surface area (Å²) in [6.07, 6.45) is 1.09. The molecule has 13 N–H and O–H groups in total. The molecular formula is C27H44N10O6. The van der Waals surface area contributed by atoms with E-state index in [0.717, 1.165) is 0 Å². The largest absolute Gasteiger partial charge is 0.480 e. The minimum absolute atomic E-state index is 0.0288. The summed E-state index contributed by atoms with van der Waals surface area (Å²) in [6, 6.07) is 2.40. The molecule has 0 saturated carbocycles. The molecular weight excluding hydrogens is 560 g/mol. The number of aliphatic carboxylic acids is 1. The van der Waals surface area contributed by atoms with Crippen LogP contribution in [-0.2, 0) is 25.6 Å². The highest BCUT2D eigenvalue weighted by Gasteiger charge is 2.38. The van der Waals surface area contributed by atoms with Crippen molar-refractivity contribution in [1.82, 2.24) is 15.5 Å². The summed E-state index contributed by atoms with van der Waals surface area (Å²) in [5, 5.41) is 14.7. The van der Waals surface area contributed by atoms with Gasteiger partial charge in [0, 0.05) is 19.5 Å². The number of carbonyl (C=O) groups is 5. The van der Waals surface area contributed by atoms with Crippen LogP contribution in [0.5, 0.6) is 0 Å². The van der Waals surface area contributed by atoms with Gasteiger partial charge in [-0.3, -0.25) is 24.5 Å². The lowest BCUT2D eigenvalue weighted by molar-refractivity contribution is -0.140. The third kappa shape index (κ3) is 13.2. The Hall–Kier alpha value is -4.73. The van der Waals surface area contributed by atoms with Crippen molar-refractivity contribution < 1.29 is 29.1 Å². The average molecular weight is 605 g/mol. The number of carbonyl (C=O) groups excluding carboxylic acids is 4. The van der Waals surface area contributed by atoms with Gasteiger partial charge in [0.05, 0.1) is 12.1 Å². The maximum absolute atomic E-state index is 13.9. The molecule has 0 bridgehead atoms. The number of rotatable bonds is 18. The zero-order valence-electron chi connectivity index (χ0n) is 24.5. The molecule has 4 amide bonds. The molecule has 0 heterocycles. The maximum atomic E-state index is 13.9. The lowest BCUT2D eigenvalue weighted by Gasteiger charge is -2.33. The number of hydrogen-bond donors (Lipinski definition) is 8. The molecule has 0 aromatic heterocycles. The Balaban J connectivity index is 3.26. The highest BCUT2D eigenvalue weighted by molar-refractivity contribution is 6.02. The van der Waals surface area contributed by atoms with Gasteiger partial charge in [0.15, 0.2) is 11.9 Å². The standard InChI is InChI=1S/C27H44N10O6/c1-16(2)21(36-22(39)19(28)11-7-13-34-26(31)32)23(40)37(18(15-38)10-6-12-33-25(29)30)27(43)35-20(24(41)42)14-17-8-4-3-5-9-17/h3-5,8-9,15-16,18-21H,6-7,10-14,28H2,1-2H3,(H,35,43)(H,36,39)(H,41,42)(H4,29,30,33)(H4,31,32,34)/t18-,19-,20-,21-/m0/s1. The maximum Gasteiger partial charge on any atom is 0.326 e. The van der Waals surface area contributed by atoms with Crippen molar-refractivity contribution in [3.8, 4) is 0 Å². The number of aliphatic imine (C=N–C) groups is 2. The zero-order valence-corrected chi connectivity index (χ0v) is 24.5. The van der Waals surface area contributed by atoms with E-state index in [-0.39, 0.29) is 50.7 Å². The first-order valence-corrected chi connectivity index (χ1v) is 13.8. The molecule has 0 spiro atoms. The van der Waals surface area contributed by atoms with Crippen LogP contribution in [0.25, 0.3) is 0 Å². The van der Waals surface area contributed by atoms with E-state index in [9.17, 15) is 29.1 Å². The van der Waals surface area contributed by atoms with E-state index in [1.54, 1.807) is 44.2 Å². The number of imide groups is 1. The Morgan fingerprint density at radius 3 is 1.98 bits per heavy atom. The number of aldehydes is 1. The summed E-state index contributed by atoms with van der Waals surface area (Å²) in [4.78, 5) is 72.8. The first kappa shape index (κ1) is 36.3. The third-order valence-corrected chi connectivity index (χ3v) is 6.31. The van der Waals surface area contributed by atoms with E-state index in [0.29, 0.717) is 23.2 Å². The van der Waals surface area contributed by atoms with E-state index < -0.39 is 53.9 Å². The quantitative estimate of drug-likeness (QED) is 0.0407. The lowest BCUT2D eigenvalue weighted by atomic mass is 10.00. The second kappa shape index (κ2) is 18.7. The molecule has 0 aliphatic heterocycles. The van der Waals surface area contributed by atoms with Crippen molar-refractivity contribution in [1.29, 1.82) is 0 Å². The number of urea groups is 1. The number of nitrogens with zero attached hydrogens (tertiary/aromatic N) is 3. The topological polar surface area (TPSA) is 288 Å². The van der Waals surface area contributed by atoms with Crippen molar-refractivity contribution in [3.63, 3.8) is 0 Å². The Morgan fingerprint density at radius 2 is 1.49 bits per heavy atom. The molecule has 0 radical (unpaired) electrons. The highest BCUT2D eigenvalue weighted by Crippen LogP contribution is 2.15. The van der Waals surface area contributed by atoms with Crippen molar-refractivity contribution in [2.24, 2.45) is 44.6 Å². The van der Waals surface area contributed by atoms with E-state index in [4.69, 9.17) is 28.7 Å². The van der Waals surface area contributed by atoms with E-state index in [2.05, 4.69) is 20.6 Å². The summed E-state index contributed by atoms with van der Waals surface area (Å²) < 4.78 is 0. The number of carboxylic acid groups (broad SMARTS) is 1. The van der Waals surface area contributed by atoms with Gasteiger partial charge >= 0.3 is 12.0 Å².